The van der Waals surface area contributed by atoms with Crippen molar-refractivity contribution in [2.45, 2.75) is 4.21 Å². The number of carboxylic acid groups (broad SMARTS) is 1. The lowest BCUT2D eigenvalue weighted by Crippen LogP contribution is -2.35. The number of hydrogen-bond acceptors (Lipinski definition) is 4. The monoisotopic (exact) mass is 409 g/mol. The first kappa shape index (κ1) is 16.3. The number of halogens is 2. The molecule has 0 spiro atoms. The number of anilines is 1. The fraction of sp³-hybridized carbons (Fsp3) is 0.0833. The summed E-state index contributed by atoms with van der Waals surface area (Å²) >= 11 is 9.98. The van der Waals surface area contributed by atoms with Gasteiger partial charge in [0.15, 0.2) is 0 Å². The second-order valence-corrected chi connectivity index (χ2v) is 8.93. The number of thiophene rings is 1. The maximum absolute atomic E-state index is 12.6. The van der Waals surface area contributed by atoms with Crippen LogP contribution < -0.4 is 4.31 Å². The molecule has 0 fully saturated rings. The third-order valence-electron chi connectivity index (χ3n) is 2.49. The van der Waals surface area contributed by atoms with Crippen molar-refractivity contribution in [3.05, 3.63) is 45.2 Å². The highest BCUT2D eigenvalue weighted by molar-refractivity contribution is 9.11. The molecule has 0 aliphatic heterocycles. The Hall–Kier alpha value is -1.09. The molecular weight excluding hydrogens is 402 g/mol. The van der Waals surface area contributed by atoms with Crippen LogP contribution in [0.25, 0.3) is 0 Å². The van der Waals surface area contributed by atoms with E-state index in [1.165, 1.54) is 30.3 Å². The molecule has 0 bridgehead atoms. The van der Waals surface area contributed by atoms with Gasteiger partial charge in [0.2, 0.25) is 0 Å². The zero-order valence-electron chi connectivity index (χ0n) is 10.4. The van der Waals surface area contributed by atoms with Crippen molar-refractivity contribution < 1.29 is 18.3 Å². The highest BCUT2D eigenvalue weighted by Crippen LogP contribution is 2.31. The third-order valence-corrected chi connectivity index (χ3v) is 6.60. The molecule has 0 radical (unpaired) electrons. The molecule has 1 aromatic carbocycles. The van der Waals surface area contributed by atoms with Gasteiger partial charge in [0, 0.05) is 5.02 Å². The quantitative estimate of drug-likeness (QED) is 0.819. The Morgan fingerprint density at radius 1 is 1.24 bits per heavy atom. The van der Waals surface area contributed by atoms with Crippen LogP contribution in [-0.4, -0.2) is 26.0 Å². The zero-order valence-corrected chi connectivity index (χ0v) is 14.3. The van der Waals surface area contributed by atoms with Crippen LogP contribution in [0.2, 0.25) is 5.02 Å². The minimum Gasteiger partial charge on any atom is -0.480 e. The predicted molar refractivity (Wildman–Crippen MR) is 85.6 cm³/mol. The van der Waals surface area contributed by atoms with Gasteiger partial charge in [-0.25, -0.2) is 8.42 Å². The van der Waals surface area contributed by atoms with Crippen molar-refractivity contribution in [1.82, 2.24) is 0 Å². The molecule has 0 saturated carbocycles. The van der Waals surface area contributed by atoms with Crippen LogP contribution in [0.5, 0.6) is 0 Å². The van der Waals surface area contributed by atoms with Gasteiger partial charge in [-0.05, 0) is 52.3 Å². The number of hydrogen-bond donors (Lipinski definition) is 1. The fourth-order valence-electron chi connectivity index (χ4n) is 1.59. The summed E-state index contributed by atoms with van der Waals surface area (Å²) < 4.78 is 26.7. The minimum atomic E-state index is -3.94. The minimum absolute atomic E-state index is 0.0607. The van der Waals surface area contributed by atoms with Crippen molar-refractivity contribution >= 4 is 60.5 Å². The van der Waals surface area contributed by atoms with Crippen molar-refractivity contribution in [2.75, 3.05) is 10.8 Å². The van der Waals surface area contributed by atoms with Crippen LogP contribution >= 0.6 is 38.9 Å². The zero-order chi connectivity index (χ0) is 15.6. The predicted octanol–water partition coefficient (Wildman–Crippen LogP) is 3.44. The van der Waals surface area contributed by atoms with Crippen molar-refractivity contribution in [1.29, 1.82) is 0 Å². The SMILES string of the molecule is O=C(O)CN(c1ccc(Cl)cc1)S(=O)(=O)c1ccc(Br)s1. The Balaban J connectivity index is 2.49. The highest BCUT2D eigenvalue weighted by atomic mass is 79.9. The van der Waals surface area contributed by atoms with E-state index >= 15 is 0 Å². The van der Waals surface area contributed by atoms with Gasteiger partial charge in [-0.2, -0.15) is 0 Å². The maximum Gasteiger partial charge on any atom is 0.324 e. The second kappa shape index (κ2) is 6.35. The summed E-state index contributed by atoms with van der Waals surface area (Å²) in [5.41, 5.74) is 0.242. The number of sulfonamides is 1. The average molecular weight is 411 g/mol. The molecule has 0 aliphatic carbocycles. The smallest absolute Gasteiger partial charge is 0.324 e. The van der Waals surface area contributed by atoms with Crippen LogP contribution in [-0.2, 0) is 14.8 Å². The molecule has 112 valence electrons. The first-order chi connectivity index (χ1) is 9.80. The molecule has 9 heteroatoms. The standard InChI is InChI=1S/C12H9BrClNO4S2/c13-10-5-6-12(20-10)21(18,19)15(7-11(16)17)9-3-1-8(14)2-4-9/h1-6H,7H2,(H,16,17). The first-order valence-corrected chi connectivity index (χ1v) is 8.99. The molecule has 1 N–H and O–H groups in total. The largest absolute Gasteiger partial charge is 0.480 e. The highest BCUT2D eigenvalue weighted by Gasteiger charge is 2.28. The van der Waals surface area contributed by atoms with Crippen LogP contribution in [0.15, 0.2) is 44.4 Å². The van der Waals surface area contributed by atoms with Gasteiger partial charge in [-0.3, -0.25) is 9.10 Å². The molecule has 21 heavy (non-hydrogen) atoms. The molecule has 0 amide bonds. The molecule has 0 saturated heterocycles. The fourth-order valence-corrected chi connectivity index (χ4v) is 5.25. The molecule has 0 unspecified atom stereocenters. The molecule has 0 aliphatic rings. The normalized spacial score (nSPS) is 11.3. The van der Waals surface area contributed by atoms with E-state index in [9.17, 15) is 13.2 Å². The number of carboxylic acids is 1. The van der Waals surface area contributed by atoms with E-state index in [0.717, 1.165) is 15.6 Å². The molecule has 1 aromatic heterocycles. The number of aliphatic carboxylic acids is 1. The number of benzene rings is 1. The molecule has 0 atom stereocenters. The van der Waals surface area contributed by atoms with Crippen molar-refractivity contribution in [2.24, 2.45) is 0 Å². The summed E-state index contributed by atoms with van der Waals surface area (Å²) in [7, 11) is -3.94. The van der Waals surface area contributed by atoms with E-state index in [0.29, 0.717) is 8.81 Å². The Morgan fingerprint density at radius 3 is 2.33 bits per heavy atom. The Bertz CT molecular complexity index is 758. The van der Waals surface area contributed by atoms with Gasteiger partial charge >= 0.3 is 5.97 Å². The first-order valence-electron chi connectivity index (χ1n) is 5.56. The topological polar surface area (TPSA) is 74.7 Å². The van der Waals surface area contributed by atoms with E-state index in [4.69, 9.17) is 16.7 Å². The summed E-state index contributed by atoms with van der Waals surface area (Å²) in [4.78, 5) is 11.0. The summed E-state index contributed by atoms with van der Waals surface area (Å²) in [5.74, 6) is -1.25. The number of rotatable bonds is 5. The van der Waals surface area contributed by atoms with Gasteiger partial charge in [0.05, 0.1) is 9.47 Å². The summed E-state index contributed by atoms with van der Waals surface area (Å²) in [6, 6.07) is 8.96. The van der Waals surface area contributed by atoms with E-state index in [1.54, 1.807) is 6.07 Å². The third kappa shape index (κ3) is 3.76. The van der Waals surface area contributed by atoms with E-state index in [2.05, 4.69) is 15.9 Å². The summed E-state index contributed by atoms with van der Waals surface area (Å²) in [5, 5.41) is 9.41. The van der Waals surface area contributed by atoms with Crippen molar-refractivity contribution in [3.63, 3.8) is 0 Å². The van der Waals surface area contributed by atoms with Gasteiger partial charge in [-0.1, -0.05) is 11.6 Å². The van der Waals surface area contributed by atoms with Crippen LogP contribution in [0.4, 0.5) is 5.69 Å². The number of carbonyl (C=O) groups is 1. The van der Waals surface area contributed by atoms with Gasteiger partial charge < -0.3 is 5.11 Å². The average Bonchev–Trinajstić information content (AvgIpc) is 2.84. The number of nitrogens with zero attached hydrogens (tertiary/aromatic N) is 1. The van der Waals surface area contributed by atoms with Crippen LogP contribution in [0.3, 0.4) is 0 Å². The van der Waals surface area contributed by atoms with E-state index in [-0.39, 0.29) is 9.90 Å². The summed E-state index contributed by atoms with van der Waals surface area (Å²) in [6.45, 7) is -0.667. The Kier molecular flexibility index (Phi) is 4.92. The van der Waals surface area contributed by atoms with E-state index < -0.39 is 22.5 Å². The lowest BCUT2D eigenvalue weighted by molar-refractivity contribution is -0.135. The van der Waals surface area contributed by atoms with Crippen molar-refractivity contribution in [3.8, 4) is 0 Å². The second-order valence-electron chi connectivity index (χ2n) is 3.94. The Morgan fingerprint density at radius 2 is 1.86 bits per heavy atom. The molecule has 2 rings (SSSR count). The maximum atomic E-state index is 12.6. The molecule has 5 nitrogen and oxygen atoms in total. The lowest BCUT2D eigenvalue weighted by Gasteiger charge is -2.21. The van der Waals surface area contributed by atoms with Gasteiger partial charge in [0.1, 0.15) is 10.8 Å². The van der Waals surface area contributed by atoms with Crippen LogP contribution in [0, 0.1) is 0 Å². The molecular formula is C12H9BrClNO4S2. The molecule has 2 aromatic rings. The van der Waals surface area contributed by atoms with Gasteiger partial charge in [0.25, 0.3) is 10.0 Å². The van der Waals surface area contributed by atoms with Crippen LogP contribution in [0.1, 0.15) is 0 Å². The molecule has 1 heterocycles. The van der Waals surface area contributed by atoms with Gasteiger partial charge in [-0.15, -0.1) is 11.3 Å². The Labute approximate surface area is 139 Å². The van der Waals surface area contributed by atoms with E-state index in [1.807, 2.05) is 0 Å². The lowest BCUT2D eigenvalue weighted by atomic mass is 10.3. The summed E-state index contributed by atoms with van der Waals surface area (Å²) in [6.07, 6.45) is 0.